The molecule has 1 aliphatic rings. The number of Topliss-reactive ketones (excluding diaryl/α,β-unsaturated/α-hetero) is 1. The van der Waals surface area contributed by atoms with Crippen LogP contribution in [0.4, 0.5) is 16.2 Å². The maximum absolute atomic E-state index is 12.9. The van der Waals surface area contributed by atoms with E-state index in [9.17, 15) is 9.59 Å². The Hall–Kier alpha value is -2.75. The number of nitrogens with one attached hydrogen (secondary N) is 1. The van der Waals surface area contributed by atoms with E-state index >= 15 is 0 Å². The normalized spacial score (nSPS) is 13.9. The van der Waals surface area contributed by atoms with Crippen molar-refractivity contribution in [1.82, 2.24) is 14.8 Å². The van der Waals surface area contributed by atoms with Crippen molar-refractivity contribution in [3.05, 3.63) is 62.7 Å². The number of anilines is 2. The zero-order valence-electron chi connectivity index (χ0n) is 17.8. The van der Waals surface area contributed by atoms with Crippen molar-refractivity contribution < 1.29 is 9.59 Å². The lowest BCUT2D eigenvalue weighted by atomic mass is 10.1. The summed E-state index contributed by atoms with van der Waals surface area (Å²) in [7, 11) is 0. The molecule has 0 radical (unpaired) electrons. The third kappa shape index (κ3) is 5.93. The lowest BCUT2D eigenvalue weighted by Gasteiger charge is -2.25. The zero-order valence-corrected chi connectivity index (χ0v) is 19.5. The molecule has 1 saturated heterocycles. The van der Waals surface area contributed by atoms with Gasteiger partial charge in [0.05, 0.1) is 5.69 Å². The van der Waals surface area contributed by atoms with Gasteiger partial charge in [0.1, 0.15) is 5.69 Å². The number of thiophene rings is 2. The molecule has 3 N–H and O–H groups in total. The molecule has 1 fully saturated rings. The zero-order chi connectivity index (χ0) is 22.3. The molecule has 4 heterocycles. The standard InChI is InChI=1S/C23H27N5O2S2/c24-20-16-32-14-18(20)11-22(29)21-4-3-17(12-25-21)13-28(9-8-27-6-1-2-7-27)23(30)26-19-5-10-31-15-19/h3-5,10,12,14-16H,1-2,6-9,11,13,24H2,(H,26,30). The van der Waals surface area contributed by atoms with Crippen LogP contribution < -0.4 is 11.1 Å². The molecule has 3 aromatic rings. The first-order chi connectivity index (χ1) is 15.6. The highest BCUT2D eigenvalue weighted by Crippen LogP contribution is 2.19. The number of carbonyl (C=O) groups is 2. The molecule has 3 aromatic heterocycles. The Morgan fingerprint density at radius 3 is 2.62 bits per heavy atom. The van der Waals surface area contributed by atoms with E-state index in [0.717, 1.165) is 36.4 Å². The van der Waals surface area contributed by atoms with Gasteiger partial charge in [0.2, 0.25) is 0 Å². The van der Waals surface area contributed by atoms with Crippen molar-refractivity contribution in [1.29, 1.82) is 0 Å². The molecule has 168 valence electrons. The number of hydrogen-bond acceptors (Lipinski definition) is 7. The Morgan fingerprint density at radius 2 is 1.97 bits per heavy atom. The highest BCUT2D eigenvalue weighted by atomic mass is 32.1. The number of carbonyl (C=O) groups excluding carboxylic acids is 2. The molecule has 0 aromatic carbocycles. The summed E-state index contributed by atoms with van der Waals surface area (Å²) in [6.45, 7) is 4.10. The van der Waals surface area contributed by atoms with E-state index in [1.54, 1.807) is 28.5 Å². The van der Waals surface area contributed by atoms with E-state index in [-0.39, 0.29) is 18.2 Å². The number of hydrogen-bond donors (Lipinski definition) is 2. The van der Waals surface area contributed by atoms with Crippen LogP contribution in [0.5, 0.6) is 0 Å². The minimum absolute atomic E-state index is 0.0669. The van der Waals surface area contributed by atoms with Crippen molar-refractivity contribution >= 4 is 45.9 Å². The molecule has 0 bridgehead atoms. The van der Waals surface area contributed by atoms with E-state index < -0.39 is 0 Å². The number of nitrogen functional groups attached to an aromatic ring is 1. The molecule has 9 heteroatoms. The van der Waals surface area contributed by atoms with Crippen LogP contribution in [0.15, 0.2) is 45.9 Å². The summed E-state index contributed by atoms with van der Waals surface area (Å²) in [6, 6.07) is 5.37. The van der Waals surface area contributed by atoms with Crippen molar-refractivity contribution in [3.63, 3.8) is 0 Å². The van der Waals surface area contributed by atoms with Crippen LogP contribution in [0.1, 0.15) is 34.5 Å². The number of urea groups is 1. The molecule has 0 spiro atoms. The molecule has 0 unspecified atom stereocenters. The lowest BCUT2D eigenvalue weighted by molar-refractivity contribution is 0.0988. The van der Waals surface area contributed by atoms with E-state index in [2.05, 4.69) is 15.2 Å². The quantitative estimate of drug-likeness (QED) is 0.455. The third-order valence-corrected chi connectivity index (χ3v) is 7.05. The number of likely N-dealkylation sites (tertiary alicyclic amines) is 1. The molecule has 4 rings (SSSR count). The van der Waals surface area contributed by atoms with E-state index in [1.165, 1.54) is 24.2 Å². The van der Waals surface area contributed by atoms with Crippen LogP contribution in [0.25, 0.3) is 0 Å². The van der Waals surface area contributed by atoms with Gasteiger partial charge in [-0.2, -0.15) is 11.3 Å². The molecule has 1 aliphatic heterocycles. The summed E-state index contributed by atoms with van der Waals surface area (Å²) < 4.78 is 0. The predicted molar refractivity (Wildman–Crippen MR) is 130 cm³/mol. The van der Waals surface area contributed by atoms with Crippen LogP contribution in [0.2, 0.25) is 0 Å². The van der Waals surface area contributed by atoms with Crippen LogP contribution in [-0.2, 0) is 13.0 Å². The summed E-state index contributed by atoms with van der Waals surface area (Å²) in [6.07, 6.45) is 4.37. The topological polar surface area (TPSA) is 91.6 Å². The highest BCUT2D eigenvalue weighted by Gasteiger charge is 2.19. The first-order valence-electron chi connectivity index (χ1n) is 10.7. The number of ketones is 1. The van der Waals surface area contributed by atoms with Gasteiger partial charge in [-0.25, -0.2) is 4.79 Å². The van der Waals surface area contributed by atoms with Gasteiger partial charge in [-0.1, -0.05) is 6.07 Å². The molecule has 7 nitrogen and oxygen atoms in total. The monoisotopic (exact) mass is 469 g/mol. The minimum atomic E-state index is -0.129. The smallest absolute Gasteiger partial charge is 0.322 e. The Labute approximate surface area is 195 Å². The number of rotatable bonds is 9. The number of amides is 2. The second-order valence-corrected chi connectivity index (χ2v) is 9.44. The van der Waals surface area contributed by atoms with Crippen LogP contribution in [0, 0.1) is 0 Å². The Bertz CT molecular complexity index is 1030. The first kappa shape index (κ1) is 22.4. The number of pyridine rings is 1. The molecule has 0 atom stereocenters. The summed E-state index contributed by atoms with van der Waals surface area (Å²) >= 11 is 3.03. The number of nitrogens with two attached hydrogens (primary N) is 1. The van der Waals surface area contributed by atoms with Crippen molar-refractivity contribution in [2.24, 2.45) is 0 Å². The van der Waals surface area contributed by atoms with Crippen molar-refractivity contribution in [3.8, 4) is 0 Å². The van der Waals surface area contributed by atoms with Gasteiger partial charge >= 0.3 is 6.03 Å². The maximum atomic E-state index is 12.9. The summed E-state index contributed by atoms with van der Waals surface area (Å²) in [5.74, 6) is -0.0669. The predicted octanol–water partition coefficient (Wildman–Crippen LogP) is 4.34. The Kier molecular flexibility index (Phi) is 7.51. The third-order valence-electron chi connectivity index (χ3n) is 5.56. The molecule has 0 saturated carbocycles. The van der Waals surface area contributed by atoms with Gasteiger partial charge in [-0.05, 0) is 60.0 Å². The summed E-state index contributed by atoms with van der Waals surface area (Å²) in [4.78, 5) is 34.0. The molecular weight excluding hydrogens is 442 g/mol. The van der Waals surface area contributed by atoms with Crippen molar-refractivity contribution in [2.75, 3.05) is 37.2 Å². The fraction of sp³-hybridized carbons (Fsp3) is 0.348. The van der Waals surface area contributed by atoms with Crippen LogP contribution in [0.3, 0.4) is 0 Å². The average Bonchev–Trinajstić information content (AvgIpc) is 3.56. The first-order valence-corrected chi connectivity index (χ1v) is 12.6. The fourth-order valence-corrected chi connectivity index (χ4v) is 5.04. The second kappa shape index (κ2) is 10.7. The Balaban J connectivity index is 1.40. The fourth-order valence-electron chi connectivity index (χ4n) is 3.70. The van der Waals surface area contributed by atoms with Crippen molar-refractivity contribution in [2.45, 2.75) is 25.8 Å². The van der Waals surface area contributed by atoms with E-state index in [1.807, 2.05) is 33.7 Å². The summed E-state index contributed by atoms with van der Waals surface area (Å²) in [5, 5.41) is 10.5. The molecule has 2 amide bonds. The SMILES string of the molecule is Nc1cscc1CC(=O)c1ccc(CN(CCN2CCCC2)C(=O)Nc2ccsc2)cn1. The minimum Gasteiger partial charge on any atom is -0.398 e. The van der Waals surface area contributed by atoms with Crippen LogP contribution in [-0.4, -0.2) is 52.8 Å². The van der Waals surface area contributed by atoms with Crippen LogP contribution >= 0.6 is 22.7 Å². The average molecular weight is 470 g/mol. The van der Waals surface area contributed by atoms with Gasteiger partial charge in [0.25, 0.3) is 0 Å². The van der Waals surface area contributed by atoms with E-state index in [0.29, 0.717) is 24.5 Å². The molecule has 0 aliphatic carbocycles. The second-order valence-electron chi connectivity index (χ2n) is 7.92. The largest absolute Gasteiger partial charge is 0.398 e. The van der Waals surface area contributed by atoms with Gasteiger partial charge < -0.3 is 20.9 Å². The lowest BCUT2D eigenvalue weighted by Crippen LogP contribution is -2.39. The number of aromatic nitrogens is 1. The highest BCUT2D eigenvalue weighted by molar-refractivity contribution is 7.08. The molecular formula is C23H27N5O2S2. The summed E-state index contributed by atoms with van der Waals surface area (Å²) in [5.41, 5.74) is 9.47. The van der Waals surface area contributed by atoms with Gasteiger partial charge in [0.15, 0.2) is 5.78 Å². The van der Waals surface area contributed by atoms with E-state index in [4.69, 9.17) is 5.73 Å². The molecule has 32 heavy (non-hydrogen) atoms. The van der Waals surface area contributed by atoms with Gasteiger partial charge in [-0.15, -0.1) is 11.3 Å². The maximum Gasteiger partial charge on any atom is 0.322 e. The van der Waals surface area contributed by atoms with Gasteiger partial charge in [-0.3, -0.25) is 9.78 Å². The van der Waals surface area contributed by atoms with Gasteiger partial charge in [0, 0.05) is 48.7 Å². The Morgan fingerprint density at radius 1 is 1.12 bits per heavy atom. The number of nitrogens with zero attached hydrogens (tertiary/aromatic N) is 3.